The van der Waals surface area contributed by atoms with Crippen LogP contribution in [0.4, 0.5) is 5.69 Å². The van der Waals surface area contributed by atoms with Gasteiger partial charge in [-0.05, 0) is 79.3 Å². The van der Waals surface area contributed by atoms with Gasteiger partial charge in [0.25, 0.3) is 5.91 Å². The zero-order valence-corrected chi connectivity index (χ0v) is 38.3. The molecule has 1 aromatic heterocycles. The molecule has 0 fully saturated rings. The number of nitrogens with zero attached hydrogens (tertiary/aromatic N) is 3. The number of fused-ring (bicyclic) bond motifs is 5. The largest absolute Gasteiger partial charge is 0.492 e. The van der Waals surface area contributed by atoms with Crippen molar-refractivity contribution in [3.05, 3.63) is 94.7 Å². The molecule has 66 heavy (non-hydrogen) atoms. The van der Waals surface area contributed by atoms with E-state index in [2.05, 4.69) is 42.0 Å². The summed E-state index contributed by atoms with van der Waals surface area (Å²) in [6, 6.07) is 16.5. The van der Waals surface area contributed by atoms with Crippen LogP contribution in [0.25, 0.3) is 22.4 Å². The number of pyridine rings is 1. The summed E-state index contributed by atoms with van der Waals surface area (Å²) in [4.78, 5) is 76.3. The number of rotatable bonds is 15. The second-order valence-corrected chi connectivity index (χ2v) is 17.1. The minimum Gasteiger partial charge on any atom is -0.492 e. The number of nitrogens with two attached hydrogens (primary N) is 4. The van der Waals surface area contributed by atoms with Gasteiger partial charge in [0.2, 0.25) is 23.6 Å². The number of carbonyl (C=O) groups is 5. The van der Waals surface area contributed by atoms with Crippen molar-refractivity contribution in [2.24, 2.45) is 17.2 Å². The lowest BCUT2D eigenvalue weighted by Gasteiger charge is -2.32. The first kappa shape index (κ1) is 49.9. The first-order valence-corrected chi connectivity index (χ1v) is 21.8. The maximum absolute atomic E-state index is 14.7. The molecule has 18 nitrogen and oxygen atoms in total. The van der Waals surface area contributed by atoms with Crippen molar-refractivity contribution >= 4 is 35.2 Å². The fourth-order valence-corrected chi connectivity index (χ4v) is 7.64. The molecule has 2 heterocycles. The van der Waals surface area contributed by atoms with Crippen LogP contribution in [0.15, 0.2) is 66.7 Å². The van der Waals surface area contributed by atoms with Gasteiger partial charge < -0.3 is 58.6 Å². The van der Waals surface area contributed by atoms with E-state index in [9.17, 15) is 24.0 Å². The minimum absolute atomic E-state index is 0.00251. The average Bonchev–Trinajstić information content (AvgIpc) is 3.28. The molecule has 0 saturated heterocycles. The number of anilines is 1. The molecule has 12 N–H and O–H groups in total. The number of aryl methyl sites for hydroxylation is 1. The maximum atomic E-state index is 14.7. The monoisotopic (exact) mass is 903 g/mol. The number of likely N-dealkylation sites (N-methyl/N-ethyl adjacent to an activating group) is 1. The van der Waals surface area contributed by atoms with E-state index < -0.39 is 53.7 Å². The van der Waals surface area contributed by atoms with E-state index in [1.165, 1.54) is 18.9 Å². The van der Waals surface area contributed by atoms with Crippen LogP contribution in [-0.4, -0.2) is 104 Å². The molecule has 18 heteroatoms. The third-order valence-corrected chi connectivity index (χ3v) is 11.1. The molecule has 1 aliphatic rings. The maximum Gasteiger partial charge on any atom is 0.255 e. The zero-order valence-electron chi connectivity index (χ0n) is 38.3. The number of nitrogen functional groups attached to an aromatic ring is 1. The Morgan fingerprint density at radius 1 is 0.909 bits per heavy atom. The van der Waals surface area contributed by atoms with Crippen LogP contribution in [0.1, 0.15) is 72.9 Å². The van der Waals surface area contributed by atoms with E-state index in [-0.39, 0.29) is 68.9 Å². The molecule has 0 aliphatic carbocycles. The van der Waals surface area contributed by atoms with Crippen LogP contribution in [-0.2, 0) is 31.0 Å². The molecule has 5 rings (SSSR count). The van der Waals surface area contributed by atoms with Gasteiger partial charge in [0, 0.05) is 48.9 Å². The molecule has 5 amide bonds. The Morgan fingerprint density at radius 3 is 2.14 bits per heavy atom. The van der Waals surface area contributed by atoms with Gasteiger partial charge in [-0.2, -0.15) is 5.26 Å². The molecule has 4 bridgehead atoms. The van der Waals surface area contributed by atoms with Crippen LogP contribution in [0.5, 0.6) is 11.5 Å². The van der Waals surface area contributed by atoms with Crippen LogP contribution in [0.3, 0.4) is 0 Å². The van der Waals surface area contributed by atoms with Crippen molar-refractivity contribution in [3.8, 4) is 40.0 Å². The Morgan fingerprint density at radius 2 is 1.55 bits per heavy atom. The number of hydrogen-bond donors (Lipinski definition) is 8. The summed E-state index contributed by atoms with van der Waals surface area (Å²) >= 11 is 0. The van der Waals surface area contributed by atoms with Crippen LogP contribution >= 0.6 is 0 Å². The quantitative estimate of drug-likeness (QED) is 0.0795. The molecule has 0 spiro atoms. The van der Waals surface area contributed by atoms with Crippen LogP contribution in [0, 0.1) is 18.3 Å². The zero-order chi connectivity index (χ0) is 48.3. The summed E-state index contributed by atoms with van der Waals surface area (Å²) in [5.41, 5.74) is 29.1. The van der Waals surface area contributed by atoms with Gasteiger partial charge in [0.05, 0.1) is 23.0 Å². The van der Waals surface area contributed by atoms with Gasteiger partial charge in [-0.1, -0.05) is 57.2 Å². The van der Waals surface area contributed by atoms with Crippen LogP contribution < -0.4 is 53.7 Å². The Kier molecular flexibility index (Phi) is 16.8. The Hall–Kier alpha value is -7.07. The summed E-state index contributed by atoms with van der Waals surface area (Å²) in [6.07, 6.45) is -0.0227. The summed E-state index contributed by atoms with van der Waals surface area (Å²) in [7, 11) is 1.40. The van der Waals surface area contributed by atoms with E-state index in [0.717, 1.165) is 11.1 Å². The van der Waals surface area contributed by atoms with Crippen molar-refractivity contribution in [1.29, 1.82) is 5.26 Å². The SMILES string of the molecule is Cc1nc(-c2ccc(C(C)(C)C)cc2)cc(N)c1C(=O)NC(CCN)C(=O)N(C)[C@@H]1C(=O)N[C@@H](C)C(=O)N[C@H](C(=O)NCC#N)Cc2ccc(OCCN)c(c2)-c2cc1ccc2OCCN. The Labute approximate surface area is 385 Å². The highest BCUT2D eigenvalue weighted by Gasteiger charge is 2.36. The van der Waals surface area contributed by atoms with Crippen molar-refractivity contribution < 1.29 is 33.4 Å². The highest BCUT2D eigenvalue weighted by Crippen LogP contribution is 2.40. The van der Waals surface area contributed by atoms with Crippen molar-refractivity contribution in [1.82, 2.24) is 31.2 Å². The average molecular weight is 904 g/mol. The summed E-state index contributed by atoms with van der Waals surface area (Å²) in [5, 5.41) is 19.9. The molecule has 0 radical (unpaired) electrons. The number of carbonyl (C=O) groups excluding carboxylic acids is 5. The highest BCUT2D eigenvalue weighted by molar-refractivity contribution is 6.03. The highest BCUT2D eigenvalue weighted by atomic mass is 16.5. The molecular formula is C48H61N11O7. The second kappa shape index (κ2) is 22.2. The molecule has 1 aliphatic heterocycles. The number of ether oxygens (including phenoxy) is 2. The summed E-state index contributed by atoms with van der Waals surface area (Å²) < 4.78 is 12.2. The van der Waals surface area contributed by atoms with E-state index >= 15 is 0 Å². The van der Waals surface area contributed by atoms with Gasteiger partial charge in [0.1, 0.15) is 55.4 Å². The summed E-state index contributed by atoms with van der Waals surface area (Å²) in [6.45, 7) is 9.78. The van der Waals surface area contributed by atoms with E-state index in [4.69, 9.17) is 42.7 Å². The van der Waals surface area contributed by atoms with E-state index in [1.54, 1.807) is 49.4 Å². The van der Waals surface area contributed by atoms with E-state index in [0.29, 0.717) is 45.1 Å². The van der Waals surface area contributed by atoms with Gasteiger partial charge in [-0.15, -0.1) is 0 Å². The fourth-order valence-electron chi connectivity index (χ4n) is 7.64. The van der Waals surface area contributed by atoms with E-state index in [1.807, 2.05) is 30.3 Å². The minimum atomic E-state index is -1.42. The molecule has 4 aromatic rings. The van der Waals surface area contributed by atoms with Crippen molar-refractivity contribution in [2.45, 2.75) is 77.0 Å². The van der Waals surface area contributed by atoms with Gasteiger partial charge in [-0.3, -0.25) is 29.0 Å². The summed E-state index contributed by atoms with van der Waals surface area (Å²) in [5.74, 6) is -2.69. The van der Waals surface area contributed by atoms with Crippen molar-refractivity contribution in [3.63, 3.8) is 0 Å². The lowest BCUT2D eigenvalue weighted by Crippen LogP contribution is -2.56. The van der Waals surface area contributed by atoms with Gasteiger partial charge >= 0.3 is 0 Å². The fraction of sp³-hybridized carbons (Fsp3) is 0.396. The molecule has 4 atom stereocenters. The normalized spacial score (nSPS) is 16.6. The molecular weight excluding hydrogens is 843 g/mol. The number of nitriles is 1. The third kappa shape index (κ3) is 12.0. The number of nitrogens with one attached hydrogen (secondary N) is 4. The van der Waals surface area contributed by atoms with Crippen molar-refractivity contribution in [2.75, 3.05) is 52.2 Å². The van der Waals surface area contributed by atoms with Crippen LogP contribution in [0.2, 0.25) is 0 Å². The molecule has 350 valence electrons. The number of amides is 5. The molecule has 0 saturated carbocycles. The lowest BCUT2D eigenvalue weighted by molar-refractivity contribution is -0.141. The first-order valence-electron chi connectivity index (χ1n) is 21.8. The Bertz CT molecular complexity index is 2440. The molecule has 3 aromatic carbocycles. The first-order chi connectivity index (χ1) is 31.4. The van der Waals surface area contributed by atoms with Gasteiger partial charge in [-0.25, -0.2) is 0 Å². The van der Waals surface area contributed by atoms with Gasteiger partial charge in [0.15, 0.2) is 0 Å². The number of aromatic nitrogens is 1. The Balaban J connectivity index is 1.57. The third-order valence-electron chi connectivity index (χ3n) is 11.1. The lowest BCUT2D eigenvalue weighted by atomic mass is 9.86. The molecule has 1 unspecified atom stereocenters. The number of benzene rings is 3. The smallest absolute Gasteiger partial charge is 0.255 e. The predicted octanol–water partition coefficient (Wildman–Crippen LogP) is 2.11. The predicted molar refractivity (Wildman–Crippen MR) is 251 cm³/mol. The second-order valence-electron chi connectivity index (χ2n) is 17.1. The standard InChI is InChI=1S/C48H61N11O7/c1-27-41(35(53)26-37(55-27)30-8-11-32(12-9-30)48(3,4)5)45(62)57-36(15-16-49)47(64)59(6)42-31-10-14-40(66-22-19-52)34(25-31)33-23-29(7-13-39(33)65-21-18-51)24-38(44(61)54-20-17-50)58-43(60)28(2)56-46(42)63/h7-14,23,25-26,28,36,38,42H,15-16,18-22,24,49,51-52H2,1-6H3,(H2,53,55)(H,54,61)(H,56,63)(H,57,62)(H,58,60)/t28-,36?,38-,42-/m0/s1. The topological polar surface area (TPSA) is 296 Å². The number of hydrogen-bond acceptors (Lipinski definition) is 13.